The minimum absolute atomic E-state index is 0.120. The summed E-state index contributed by atoms with van der Waals surface area (Å²) in [4.78, 5) is 26.3. The lowest BCUT2D eigenvalue weighted by atomic mass is 10.1. The van der Waals surface area contributed by atoms with Gasteiger partial charge in [-0.05, 0) is 26.1 Å². The van der Waals surface area contributed by atoms with Crippen molar-refractivity contribution in [1.29, 1.82) is 0 Å². The Balaban J connectivity index is 2.30. The number of piperazine rings is 1. The SMILES string of the molecule is CC(=O)c1cc(N2CCN(C)CC2)ccc1[N+](=O)[O-]. The number of nitro groups is 1. The van der Waals surface area contributed by atoms with Gasteiger partial charge in [0.15, 0.2) is 5.78 Å². The van der Waals surface area contributed by atoms with Crippen LogP contribution in [-0.4, -0.2) is 48.8 Å². The maximum Gasteiger partial charge on any atom is 0.280 e. The topological polar surface area (TPSA) is 66.7 Å². The Labute approximate surface area is 111 Å². The summed E-state index contributed by atoms with van der Waals surface area (Å²) in [6, 6.07) is 4.77. The molecule has 102 valence electrons. The van der Waals surface area contributed by atoms with Crippen LogP contribution in [0.15, 0.2) is 18.2 Å². The summed E-state index contributed by atoms with van der Waals surface area (Å²) in [6.07, 6.45) is 0. The molecule has 1 aliphatic heterocycles. The van der Waals surface area contributed by atoms with Gasteiger partial charge in [0.1, 0.15) is 0 Å². The maximum absolute atomic E-state index is 11.5. The summed E-state index contributed by atoms with van der Waals surface area (Å²) in [5, 5.41) is 10.9. The minimum atomic E-state index is -0.509. The van der Waals surface area contributed by atoms with Crippen LogP contribution in [0.4, 0.5) is 11.4 Å². The van der Waals surface area contributed by atoms with Gasteiger partial charge in [0.25, 0.3) is 5.69 Å². The predicted octanol–water partition coefficient (Wildman–Crippen LogP) is 1.55. The van der Waals surface area contributed by atoms with Crippen molar-refractivity contribution in [3.8, 4) is 0 Å². The van der Waals surface area contributed by atoms with Gasteiger partial charge in [-0.2, -0.15) is 0 Å². The second-order valence-electron chi connectivity index (χ2n) is 4.81. The third-order valence-corrected chi connectivity index (χ3v) is 3.42. The van der Waals surface area contributed by atoms with E-state index in [2.05, 4.69) is 16.8 Å². The number of ketones is 1. The Morgan fingerprint density at radius 1 is 1.26 bits per heavy atom. The van der Waals surface area contributed by atoms with Crippen molar-refractivity contribution in [2.45, 2.75) is 6.92 Å². The molecule has 0 bridgehead atoms. The first-order valence-corrected chi connectivity index (χ1v) is 6.22. The highest BCUT2D eigenvalue weighted by molar-refractivity contribution is 5.99. The number of likely N-dealkylation sites (N-methyl/N-ethyl adjacent to an activating group) is 1. The van der Waals surface area contributed by atoms with Crippen LogP contribution in [0.5, 0.6) is 0 Å². The van der Waals surface area contributed by atoms with Gasteiger partial charge in [0.05, 0.1) is 10.5 Å². The largest absolute Gasteiger partial charge is 0.369 e. The smallest absolute Gasteiger partial charge is 0.280 e. The summed E-state index contributed by atoms with van der Waals surface area (Å²) in [7, 11) is 2.06. The molecule has 0 saturated carbocycles. The molecule has 0 aliphatic carbocycles. The van der Waals surface area contributed by atoms with Gasteiger partial charge in [0.2, 0.25) is 0 Å². The van der Waals surface area contributed by atoms with Gasteiger partial charge in [-0.1, -0.05) is 0 Å². The molecule has 0 N–H and O–H groups in total. The molecule has 1 aliphatic rings. The van der Waals surface area contributed by atoms with E-state index < -0.39 is 4.92 Å². The Morgan fingerprint density at radius 3 is 2.42 bits per heavy atom. The lowest BCUT2D eigenvalue weighted by molar-refractivity contribution is -0.385. The fourth-order valence-corrected chi connectivity index (χ4v) is 2.23. The van der Waals surface area contributed by atoms with Crippen molar-refractivity contribution in [3.63, 3.8) is 0 Å². The van der Waals surface area contributed by atoms with Crippen LogP contribution >= 0.6 is 0 Å². The predicted molar refractivity (Wildman–Crippen MR) is 72.8 cm³/mol. The van der Waals surface area contributed by atoms with Crippen molar-refractivity contribution in [1.82, 2.24) is 4.90 Å². The molecular weight excluding hydrogens is 246 g/mol. The van der Waals surface area contributed by atoms with Gasteiger partial charge in [-0.3, -0.25) is 14.9 Å². The van der Waals surface area contributed by atoms with Crippen molar-refractivity contribution < 1.29 is 9.72 Å². The second kappa shape index (κ2) is 5.36. The number of benzene rings is 1. The van der Waals surface area contributed by atoms with E-state index in [-0.39, 0.29) is 17.0 Å². The summed E-state index contributed by atoms with van der Waals surface area (Å²) >= 11 is 0. The monoisotopic (exact) mass is 263 g/mol. The van der Waals surface area contributed by atoms with E-state index in [1.807, 2.05) is 0 Å². The first-order valence-electron chi connectivity index (χ1n) is 6.22. The van der Waals surface area contributed by atoms with Crippen LogP contribution in [-0.2, 0) is 0 Å². The fourth-order valence-electron chi connectivity index (χ4n) is 2.23. The van der Waals surface area contributed by atoms with Crippen LogP contribution in [0.1, 0.15) is 17.3 Å². The average Bonchev–Trinajstić information content (AvgIpc) is 2.38. The number of hydrogen-bond donors (Lipinski definition) is 0. The van der Waals surface area contributed by atoms with Crippen molar-refractivity contribution >= 4 is 17.2 Å². The van der Waals surface area contributed by atoms with Crippen LogP contribution in [0.2, 0.25) is 0 Å². The van der Waals surface area contributed by atoms with E-state index in [0.717, 1.165) is 31.9 Å². The van der Waals surface area contributed by atoms with E-state index in [9.17, 15) is 14.9 Å². The Morgan fingerprint density at radius 2 is 1.89 bits per heavy atom. The highest BCUT2D eigenvalue weighted by Gasteiger charge is 2.21. The molecule has 19 heavy (non-hydrogen) atoms. The Bertz CT molecular complexity index is 508. The number of carbonyl (C=O) groups excluding carboxylic acids is 1. The Hall–Kier alpha value is -1.95. The zero-order valence-corrected chi connectivity index (χ0v) is 11.1. The molecule has 1 saturated heterocycles. The number of rotatable bonds is 3. The molecule has 0 unspecified atom stereocenters. The van der Waals surface area contributed by atoms with Crippen LogP contribution in [0.25, 0.3) is 0 Å². The van der Waals surface area contributed by atoms with E-state index in [0.29, 0.717) is 0 Å². The van der Waals surface area contributed by atoms with E-state index in [1.54, 1.807) is 12.1 Å². The summed E-state index contributed by atoms with van der Waals surface area (Å²) < 4.78 is 0. The molecular formula is C13H17N3O3. The zero-order valence-electron chi connectivity index (χ0n) is 11.1. The number of anilines is 1. The van der Waals surface area contributed by atoms with Gasteiger partial charge in [-0.15, -0.1) is 0 Å². The molecule has 6 nitrogen and oxygen atoms in total. The molecule has 0 atom stereocenters. The number of nitrogens with zero attached hydrogens (tertiary/aromatic N) is 3. The standard InChI is InChI=1S/C13H17N3O3/c1-10(17)12-9-11(3-4-13(12)16(18)19)15-7-5-14(2)6-8-15/h3-4,9H,5-8H2,1-2H3. The highest BCUT2D eigenvalue weighted by atomic mass is 16.6. The van der Waals surface area contributed by atoms with Crippen LogP contribution < -0.4 is 4.90 Å². The third-order valence-electron chi connectivity index (χ3n) is 3.42. The lowest BCUT2D eigenvalue weighted by Crippen LogP contribution is -2.44. The average molecular weight is 263 g/mol. The quantitative estimate of drug-likeness (QED) is 0.470. The van der Waals surface area contributed by atoms with E-state index >= 15 is 0 Å². The number of hydrogen-bond acceptors (Lipinski definition) is 5. The minimum Gasteiger partial charge on any atom is -0.369 e. The molecule has 1 fully saturated rings. The van der Waals surface area contributed by atoms with E-state index in [4.69, 9.17) is 0 Å². The second-order valence-corrected chi connectivity index (χ2v) is 4.81. The van der Waals surface area contributed by atoms with Crippen molar-refractivity contribution in [3.05, 3.63) is 33.9 Å². The van der Waals surface area contributed by atoms with Gasteiger partial charge in [-0.25, -0.2) is 0 Å². The summed E-state index contributed by atoms with van der Waals surface area (Å²) in [5.74, 6) is -0.275. The summed E-state index contributed by atoms with van der Waals surface area (Å²) in [6.45, 7) is 4.99. The molecule has 2 rings (SSSR count). The first-order chi connectivity index (χ1) is 8.99. The molecule has 0 spiro atoms. The summed E-state index contributed by atoms with van der Waals surface area (Å²) in [5.41, 5.74) is 0.940. The fraction of sp³-hybridized carbons (Fsp3) is 0.462. The zero-order chi connectivity index (χ0) is 14.0. The van der Waals surface area contributed by atoms with Crippen molar-refractivity contribution in [2.24, 2.45) is 0 Å². The number of Topliss-reactive ketones (excluding diaryl/α,β-unsaturated/α-hetero) is 1. The molecule has 0 radical (unpaired) electrons. The third kappa shape index (κ3) is 2.90. The highest BCUT2D eigenvalue weighted by Crippen LogP contribution is 2.26. The molecule has 1 heterocycles. The first kappa shape index (κ1) is 13.5. The molecule has 1 aromatic carbocycles. The van der Waals surface area contributed by atoms with Gasteiger partial charge in [0, 0.05) is 37.9 Å². The number of nitro benzene ring substituents is 1. The van der Waals surface area contributed by atoms with Crippen LogP contribution in [0.3, 0.4) is 0 Å². The van der Waals surface area contributed by atoms with Gasteiger partial charge < -0.3 is 9.80 Å². The van der Waals surface area contributed by atoms with Crippen molar-refractivity contribution in [2.75, 3.05) is 38.1 Å². The molecule has 0 aromatic heterocycles. The Kier molecular flexibility index (Phi) is 3.80. The van der Waals surface area contributed by atoms with E-state index in [1.165, 1.54) is 13.0 Å². The molecule has 0 amide bonds. The van der Waals surface area contributed by atoms with Crippen LogP contribution in [0, 0.1) is 10.1 Å². The lowest BCUT2D eigenvalue weighted by Gasteiger charge is -2.34. The molecule has 6 heteroatoms. The normalized spacial score (nSPS) is 16.4. The van der Waals surface area contributed by atoms with Gasteiger partial charge >= 0.3 is 0 Å². The maximum atomic E-state index is 11.5. The molecule has 1 aromatic rings. The number of carbonyl (C=O) groups is 1.